The molecule has 4 N–H and O–H groups in total. The van der Waals surface area contributed by atoms with Gasteiger partial charge in [0.05, 0.1) is 30.4 Å². The molecule has 43 heavy (non-hydrogen) atoms. The second-order valence-corrected chi connectivity index (χ2v) is 12.6. The van der Waals surface area contributed by atoms with Gasteiger partial charge in [0, 0.05) is 17.4 Å². The van der Waals surface area contributed by atoms with E-state index in [-0.39, 0.29) is 35.6 Å². The average Bonchev–Trinajstić information content (AvgIpc) is 3.55. The fourth-order valence-electron chi connectivity index (χ4n) is 5.17. The molecule has 1 aromatic carbocycles. The van der Waals surface area contributed by atoms with E-state index in [1.54, 1.807) is 18.2 Å². The van der Waals surface area contributed by atoms with Crippen LogP contribution in [-0.4, -0.2) is 59.1 Å². The number of fused-ring (bicyclic) bond motifs is 1. The molecule has 0 radical (unpaired) electrons. The van der Waals surface area contributed by atoms with E-state index in [9.17, 15) is 19.6 Å². The van der Waals surface area contributed by atoms with Gasteiger partial charge in [0.25, 0.3) is 5.91 Å². The van der Waals surface area contributed by atoms with Crippen LogP contribution in [0.5, 0.6) is 5.75 Å². The number of benzene rings is 1. The molecule has 10 nitrogen and oxygen atoms in total. The van der Waals surface area contributed by atoms with Gasteiger partial charge in [-0.05, 0) is 71.1 Å². The monoisotopic (exact) mass is 668 g/mol. The van der Waals surface area contributed by atoms with Crippen LogP contribution in [0.4, 0.5) is 4.79 Å². The maximum atomic E-state index is 12.9. The lowest BCUT2D eigenvalue weighted by Gasteiger charge is -2.19. The normalized spacial score (nSPS) is 19.9. The van der Waals surface area contributed by atoms with Gasteiger partial charge in [-0.1, -0.05) is 38.0 Å². The quantitative estimate of drug-likeness (QED) is 0.0712. The van der Waals surface area contributed by atoms with Crippen molar-refractivity contribution in [3.63, 3.8) is 0 Å². The van der Waals surface area contributed by atoms with Crippen LogP contribution < -0.4 is 26.0 Å². The van der Waals surface area contributed by atoms with Crippen LogP contribution >= 0.6 is 27.7 Å². The molecule has 4 rings (SSSR count). The SMILES string of the molecule is CCCC(NC(=O)C(C#N)=Cc1cccc(Br)n1)c1ccc(OCCNC(=O)CCCCC2SCC3NC(=O)NC32)cc1. The summed E-state index contributed by atoms with van der Waals surface area (Å²) in [5.41, 5.74) is 1.41. The summed E-state index contributed by atoms with van der Waals surface area (Å²) >= 11 is 5.19. The largest absolute Gasteiger partial charge is 0.492 e. The Morgan fingerprint density at radius 1 is 1.23 bits per heavy atom. The third-order valence-electron chi connectivity index (χ3n) is 7.33. The summed E-state index contributed by atoms with van der Waals surface area (Å²) in [4.78, 5) is 40.9. The van der Waals surface area contributed by atoms with Gasteiger partial charge in [-0.25, -0.2) is 9.78 Å². The van der Waals surface area contributed by atoms with Crippen molar-refractivity contribution >= 4 is 51.6 Å². The molecule has 12 heteroatoms. The summed E-state index contributed by atoms with van der Waals surface area (Å²) in [5.74, 6) is 1.16. The van der Waals surface area contributed by atoms with Gasteiger partial charge in [-0.3, -0.25) is 9.59 Å². The number of hydrogen-bond donors (Lipinski definition) is 4. The van der Waals surface area contributed by atoms with Crippen LogP contribution in [0.3, 0.4) is 0 Å². The molecule has 1 aromatic heterocycles. The average molecular weight is 670 g/mol. The summed E-state index contributed by atoms with van der Waals surface area (Å²) in [5, 5.41) is 21.8. The number of nitriles is 1. The number of hydrogen-bond acceptors (Lipinski definition) is 7. The zero-order valence-electron chi connectivity index (χ0n) is 24.1. The Morgan fingerprint density at radius 2 is 2.05 bits per heavy atom. The number of carbonyl (C=O) groups is 3. The van der Waals surface area contributed by atoms with E-state index in [4.69, 9.17) is 4.74 Å². The Kier molecular flexibility index (Phi) is 12.3. The molecule has 228 valence electrons. The summed E-state index contributed by atoms with van der Waals surface area (Å²) in [6, 6.07) is 14.8. The number of ether oxygens (including phenoxy) is 1. The first-order valence-corrected chi connectivity index (χ1v) is 16.4. The van der Waals surface area contributed by atoms with Crippen LogP contribution in [0.1, 0.15) is 62.7 Å². The van der Waals surface area contributed by atoms with Crippen molar-refractivity contribution in [1.82, 2.24) is 26.3 Å². The van der Waals surface area contributed by atoms with Gasteiger partial charge in [0.15, 0.2) is 0 Å². The highest BCUT2D eigenvalue weighted by molar-refractivity contribution is 9.10. The topological polar surface area (TPSA) is 145 Å². The molecule has 0 saturated carbocycles. The lowest BCUT2D eigenvalue weighted by Crippen LogP contribution is -2.36. The Bertz CT molecular complexity index is 1350. The van der Waals surface area contributed by atoms with Gasteiger partial charge in [0.1, 0.15) is 28.6 Å². The van der Waals surface area contributed by atoms with Crippen LogP contribution in [0.25, 0.3) is 6.08 Å². The van der Waals surface area contributed by atoms with Gasteiger partial charge in [-0.15, -0.1) is 0 Å². The van der Waals surface area contributed by atoms with Crippen LogP contribution in [0.15, 0.2) is 52.6 Å². The minimum Gasteiger partial charge on any atom is -0.492 e. The number of nitrogens with one attached hydrogen (secondary N) is 4. The Hall–Kier alpha value is -3.56. The van der Waals surface area contributed by atoms with E-state index >= 15 is 0 Å². The smallest absolute Gasteiger partial charge is 0.315 e. The zero-order valence-corrected chi connectivity index (χ0v) is 26.5. The molecule has 2 aromatic rings. The lowest BCUT2D eigenvalue weighted by atomic mass is 10.0. The number of unbranched alkanes of at least 4 members (excludes halogenated alkanes) is 1. The third kappa shape index (κ3) is 9.73. The van der Waals surface area contributed by atoms with E-state index in [2.05, 4.69) is 42.2 Å². The van der Waals surface area contributed by atoms with Crippen molar-refractivity contribution in [2.45, 2.75) is 68.8 Å². The first-order valence-electron chi connectivity index (χ1n) is 14.6. The molecule has 2 fully saturated rings. The van der Waals surface area contributed by atoms with Crippen molar-refractivity contribution in [3.05, 3.63) is 63.9 Å². The maximum Gasteiger partial charge on any atom is 0.315 e. The highest BCUT2D eigenvalue weighted by Gasteiger charge is 2.42. The molecule has 2 aliphatic rings. The van der Waals surface area contributed by atoms with E-state index < -0.39 is 5.91 Å². The number of pyridine rings is 1. The molecule has 4 unspecified atom stereocenters. The fourth-order valence-corrected chi connectivity index (χ4v) is 7.07. The van der Waals surface area contributed by atoms with Gasteiger partial charge < -0.3 is 26.0 Å². The highest BCUT2D eigenvalue weighted by Crippen LogP contribution is 2.33. The van der Waals surface area contributed by atoms with Gasteiger partial charge >= 0.3 is 6.03 Å². The molecule has 4 amide bonds. The lowest BCUT2D eigenvalue weighted by molar-refractivity contribution is -0.121. The van der Waals surface area contributed by atoms with Crippen LogP contribution in [-0.2, 0) is 9.59 Å². The Balaban J connectivity index is 1.16. The molecule has 2 aliphatic heterocycles. The fraction of sp³-hybridized carbons (Fsp3) is 0.452. The summed E-state index contributed by atoms with van der Waals surface area (Å²) < 4.78 is 6.42. The second kappa shape index (κ2) is 16.3. The Morgan fingerprint density at radius 3 is 2.79 bits per heavy atom. The number of nitrogens with zero attached hydrogens (tertiary/aromatic N) is 2. The first-order chi connectivity index (χ1) is 20.9. The summed E-state index contributed by atoms with van der Waals surface area (Å²) in [7, 11) is 0. The number of amides is 4. The number of rotatable bonds is 15. The van der Waals surface area contributed by atoms with Crippen LogP contribution in [0, 0.1) is 11.3 Å². The van der Waals surface area contributed by atoms with E-state index in [1.807, 2.05) is 49.0 Å². The highest BCUT2D eigenvalue weighted by atomic mass is 79.9. The number of halogens is 1. The molecule has 0 bridgehead atoms. The van der Waals surface area contributed by atoms with E-state index in [0.29, 0.717) is 47.3 Å². The first kappa shape index (κ1) is 32.4. The number of carbonyl (C=O) groups excluding carboxylic acids is 3. The minimum absolute atomic E-state index is 0.00588. The summed E-state index contributed by atoms with van der Waals surface area (Å²) in [6.45, 7) is 2.79. The predicted molar refractivity (Wildman–Crippen MR) is 170 cm³/mol. The van der Waals surface area contributed by atoms with E-state index in [1.165, 1.54) is 6.08 Å². The zero-order chi connectivity index (χ0) is 30.6. The molecular formula is C31H37BrN6O4S. The van der Waals surface area contributed by atoms with Gasteiger partial charge in [-0.2, -0.15) is 17.0 Å². The van der Waals surface area contributed by atoms with Gasteiger partial charge in [0.2, 0.25) is 5.91 Å². The molecule has 3 heterocycles. The number of urea groups is 1. The minimum atomic E-state index is -0.454. The number of aromatic nitrogens is 1. The Labute approximate surface area is 264 Å². The number of thioether (sulfide) groups is 1. The molecule has 2 saturated heterocycles. The predicted octanol–water partition coefficient (Wildman–Crippen LogP) is 4.63. The third-order valence-corrected chi connectivity index (χ3v) is 9.28. The second-order valence-electron chi connectivity index (χ2n) is 10.5. The van der Waals surface area contributed by atoms with Crippen molar-refractivity contribution in [3.8, 4) is 11.8 Å². The molecule has 0 aliphatic carbocycles. The van der Waals surface area contributed by atoms with Crippen LogP contribution in [0.2, 0.25) is 0 Å². The standard InChI is InChI=1S/C31H37BrN6O4S/c1-2-6-24(36-30(40)21(18-33)17-22-7-5-9-27(32)35-22)20-11-13-23(14-12-20)42-16-15-34-28(39)10-4-3-8-26-29-25(19-43-26)37-31(41)38-29/h5,7,9,11-14,17,24-26,29H,2-4,6,8,10,15-16,19H2,1H3,(H,34,39)(H,36,40)(H2,37,38,41). The van der Waals surface area contributed by atoms with Crippen molar-refractivity contribution in [2.24, 2.45) is 0 Å². The van der Waals surface area contributed by atoms with Crippen molar-refractivity contribution in [1.29, 1.82) is 5.26 Å². The maximum absolute atomic E-state index is 12.9. The summed E-state index contributed by atoms with van der Waals surface area (Å²) in [6.07, 6.45) is 6.24. The molecule has 0 spiro atoms. The van der Waals surface area contributed by atoms with Crippen molar-refractivity contribution in [2.75, 3.05) is 18.9 Å². The van der Waals surface area contributed by atoms with E-state index in [0.717, 1.165) is 37.0 Å². The molecule has 4 atom stereocenters. The molecular weight excluding hydrogens is 632 g/mol. The van der Waals surface area contributed by atoms with Crippen molar-refractivity contribution < 1.29 is 19.1 Å².